The van der Waals surface area contributed by atoms with Gasteiger partial charge in [-0.15, -0.1) is 0 Å². The van der Waals surface area contributed by atoms with E-state index in [2.05, 4.69) is 4.98 Å². The van der Waals surface area contributed by atoms with Crippen LogP contribution in [-0.2, 0) is 11.3 Å². The van der Waals surface area contributed by atoms with Crippen LogP contribution in [0.5, 0.6) is 0 Å². The Kier molecular flexibility index (Phi) is 5.77. The van der Waals surface area contributed by atoms with Crippen LogP contribution in [0.25, 0.3) is 0 Å². The van der Waals surface area contributed by atoms with Gasteiger partial charge in [0, 0.05) is 32.7 Å². The fourth-order valence-corrected chi connectivity index (χ4v) is 2.25. The average molecular weight is 274 g/mol. The standard InChI is InChI=1S/C16H22N2O2/c1-20-13-7-3-6-11-18-12-10-17-16(18)15(19)14-8-4-2-5-9-14/h2,4-5,8-10,12,15,19H,3,6-7,11,13H2,1H3/t15-/m0/s1. The van der Waals surface area contributed by atoms with Gasteiger partial charge in [0.05, 0.1) is 0 Å². The van der Waals surface area contributed by atoms with E-state index in [4.69, 9.17) is 4.74 Å². The van der Waals surface area contributed by atoms with Gasteiger partial charge in [0.15, 0.2) is 0 Å². The predicted octanol–water partition coefficient (Wildman–Crippen LogP) is 2.78. The maximum Gasteiger partial charge on any atom is 0.142 e. The molecule has 1 aromatic heterocycles. The lowest BCUT2D eigenvalue weighted by Crippen LogP contribution is -2.10. The van der Waals surface area contributed by atoms with E-state index in [9.17, 15) is 5.11 Å². The van der Waals surface area contributed by atoms with E-state index >= 15 is 0 Å². The van der Waals surface area contributed by atoms with Crippen molar-refractivity contribution in [3.05, 3.63) is 54.1 Å². The number of aryl methyl sites for hydroxylation is 1. The Labute approximate surface area is 120 Å². The van der Waals surface area contributed by atoms with E-state index < -0.39 is 6.10 Å². The Balaban J connectivity index is 1.94. The van der Waals surface area contributed by atoms with Crippen LogP contribution in [0.15, 0.2) is 42.7 Å². The normalized spacial score (nSPS) is 12.5. The van der Waals surface area contributed by atoms with Gasteiger partial charge in [-0.2, -0.15) is 0 Å². The van der Waals surface area contributed by atoms with Gasteiger partial charge >= 0.3 is 0 Å². The fraction of sp³-hybridized carbons (Fsp3) is 0.438. The topological polar surface area (TPSA) is 47.3 Å². The molecule has 0 unspecified atom stereocenters. The van der Waals surface area contributed by atoms with Crippen LogP contribution in [0.4, 0.5) is 0 Å². The van der Waals surface area contributed by atoms with E-state index in [-0.39, 0.29) is 0 Å². The molecule has 0 spiro atoms. The number of methoxy groups -OCH3 is 1. The molecule has 1 heterocycles. The third-order valence-electron chi connectivity index (χ3n) is 3.36. The van der Waals surface area contributed by atoms with Gasteiger partial charge in [-0.05, 0) is 24.8 Å². The summed E-state index contributed by atoms with van der Waals surface area (Å²) in [4.78, 5) is 4.30. The highest BCUT2D eigenvalue weighted by Gasteiger charge is 2.15. The zero-order valence-corrected chi connectivity index (χ0v) is 11.9. The molecule has 0 bridgehead atoms. The van der Waals surface area contributed by atoms with Crippen molar-refractivity contribution in [3.8, 4) is 0 Å². The third-order valence-corrected chi connectivity index (χ3v) is 3.36. The molecular weight excluding hydrogens is 252 g/mol. The summed E-state index contributed by atoms with van der Waals surface area (Å²) in [5, 5.41) is 10.4. The number of rotatable bonds is 8. The van der Waals surface area contributed by atoms with Crippen LogP contribution in [-0.4, -0.2) is 28.4 Å². The summed E-state index contributed by atoms with van der Waals surface area (Å²) in [6.45, 7) is 1.69. The van der Waals surface area contributed by atoms with Crippen molar-refractivity contribution in [2.45, 2.75) is 31.9 Å². The molecular formula is C16H22N2O2. The summed E-state index contributed by atoms with van der Waals surface area (Å²) in [5.74, 6) is 0.711. The molecule has 4 nitrogen and oxygen atoms in total. The van der Waals surface area contributed by atoms with E-state index in [0.29, 0.717) is 5.82 Å². The van der Waals surface area contributed by atoms with Gasteiger partial charge in [-0.25, -0.2) is 4.98 Å². The lowest BCUT2D eigenvalue weighted by molar-refractivity contribution is 0.190. The van der Waals surface area contributed by atoms with Crippen LogP contribution < -0.4 is 0 Å². The van der Waals surface area contributed by atoms with Gasteiger partial charge in [0.1, 0.15) is 11.9 Å². The number of aliphatic hydroxyl groups excluding tert-OH is 1. The first-order chi connectivity index (χ1) is 9.83. The molecule has 20 heavy (non-hydrogen) atoms. The first-order valence-electron chi connectivity index (χ1n) is 7.06. The summed E-state index contributed by atoms with van der Waals surface area (Å²) in [7, 11) is 1.73. The molecule has 0 fully saturated rings. The molecule has 0 aliphatic rings. The molecule has 0 amide bonds. The van der Waals surface area contributed by atoms with Crippen molar-refractivity contribution in [3.63, 3.8) is 0 Å². The SMILES string of the molecule is COCCCCCn1ccnc1[C@@H](O)c1ccccc1. The molecule has 0 saturated heterocycles. The van der Waals surface area contributed by atoms with Crippen LogP contribution in [0, 0.1) is 0 Å². The zero-order chi connectivity index (χ0) is 14.2. The van der Waals surface area contributed by atoms with Gasteiger partial charge in [-0.3, -0.25) is 0 Å². The summed E-state index contributed by atoms with van der Waals surface area (Å²) >= 11 is 0. The Hall–Kier alpha value is -1.65. The minimum atomic E-state index is -0.662. The van der Waals surface area contributed by atoms with Crippen molar-refractivity contribution < 1.29 is 9.84 Å². The number of ether oxygens (including phenoxy) is 1. The molecule has 0 radical (unpaired) electrons. The molecule has 0 saturated carbocycles. The third kappa shape index (κ3) is 3.92. The van der Waals surface area contributed by atoms with E-state index in [1.807, 2.05) is 41.1 Å². The first-order valence-corrected chi connectivity index (χ1v) is 7.06. The lowest BCUT2D eigenvalue weighted by atomic mass is 10.1. The maximum atomic E-state index is 10.4. The molecule has 2 aromatic rings. The average Bonchev–Trinajstić information content (AvgIpc) is 2.95. The second-order valence-electron chi connectivity index (χ2n) is 4.85. The summed E-state index contributed by atoms with van der Waals surface area (Å²) in [6.07, 6.45) is 6.27. The van der Waals surface area contributed by atoms with Gasteiger partial charge < -0.3 is 14.4 Å². The molecule has 0 aliphatic heterocycles. The van der Waals surface area contributed by atoms with Crippen molar-refractivity contribution in [1.29, 1.82) is 0 Å². The highest BCUT2D eigenvalue weighted by molar-refractivity contribution is 5.22. The van der Waals surface area contributed by atoms with Crippen molar-refractivity contribution in [2.24, 2.45) is 0 Å². The number of imidazole rings is 1. The largest absolute Gasteiger partial charge is 0.385 e. The Morgan fingerprint density at radius 2 is 2.00 bits per heavy atom. The van der Waals surface area contributed by atoms with E-state index in [0.717, 1.165) is 38.0 Å². The molecule has 1 aromatic carbocycles. The van der Waals surface area contributed by atoms with Gasteiger partial charge in [0.25, 0.3) is 0 Å². The van der Waals surface area contributed by atoms with Crippen LogP contribution in [0.3, 0.4) is 0 Å². The Bertz CT molecular complexity index is 496. The second-order valence-corrected chi connectivity index (χ2v) is 4.85. The number of nitrogens with zero attached hydrogens (tertiary/aromatic N) is 2. The van der Waals surface area contributed by atoms with E-state index in [1.165, 1.54) is 0 Å². The smallest absolute Gasteiger partial charge is 0.142 e. The molecule has 1 atom stereocenters. The number of unbranched alkanes of at least 4 members (excludes halogenated alkanes) is 2. The minimum absolute atomic E-state index is 0.662. The summed E-state index contributed by atoms with van der Waals surface area (Å²) in [6, 6.07) is 9.64. The number of aromatic nitrogens is 2. The first kappa shape index (κ1) is 14.8. The molecule has 108 valence electrons. The molecule has 4 heteroatoms. The van der Waals surface area contributed by atoms with Crippen molar-refractivity contribution in [1.82, 2.24) is 9.55 Å². The molecule has 2 rings (SSSR count). The highest BCUT2D eigenvalue weighted by atomic mass is 16.5. The molecule has 1 N–H and O–H groups in total. The quantitative estimate of drug-likeness (QED) is 0.753. The number of hydrogen-bond acceptors (Lipinski definition) is 3. The van der Waals surface area contributed by atoms with Gasteiger partial charge in [0.2, 0.25) is 0 Å². The Morgan fingerprint density at radius 3 is 2.75 bits per heavy atom. The summed E-state index contributed by atoms with van der Waals surface area (Å²) in [5.41, 5.74) is 0.874. The number of aliphatic hydroxyl groups is 1. The Morgan fingerprint density at radius 1 is 1.20 bits per heavy atom. The van der Waals surface area contributed by atoms with Gasteiger partial charge in [-0.1, -0.05) is 30.3 Å². The maximum absolute atomic E-state index is 10.4. The number of hydrogen-bond donors (Lipinski definition) is 1. The molecule has 0 aliphatic carbocycles. The van der Waals surface area contributed by atoms with Crippen LogP contribution >= 0.6 is 0 Å². The van der Waals surface area contributed by atoms with Crippen molar-refractivity contribution in [2.75, 3.05) is 13.7 Å². The highest BCUT2D eigenvalue weighted by Crippen LogP contribution is 2.20. The zero-order valence-electron chi connectivity index (χ0n) is 11.9. The van der Waals surface area contributed by atoms with Crippen LogP contribution in [0.1, 0.15) is 36.8 Å². The minimum Gasteiger partial charge on any atom is -0.385 e. The predicted molar refractivity (Wildman–Crippen MR) is 78.5 cm³/mol. The number of benzene rings is 1. The van der Waals surface area contributed by atoms with Crippen molar-refractivity contribution >= 4 is 0 Å². The van der Waals surface area contributed by atoms with Crippen LogP contribution in [0.2, 0.25) is 0 Å². The fourth-order valence-electron chi connectivity index (χ4n) is 2.25. The second kappa shape index (κ2) is 7.82. The monoisotopic (exact) mass is 274 g/mol. The lowest BCUT2D eigenvalue weighted by Gasteiger charge is -2.13. The summed E-state index contributed by atoms with van der Waals surface area (Å²) < 4.78 is 7.07. The van der Waals surface area contributed by atoms with E-state index in [1.54, 1.807) is 13.3 Å².